The van der Waals surface area contributed by atoms with Gasteiger partial charge in [0.15, 0.2) is 0 Å². The van der Waals surface area contributed by atoms with Crippen molar-refractivity contribution >= 4 is 21.8 Å². The van der Waals surface area contributed by atoms with Crippen molar-refractivity contribution < 1.29 is 0 Å². The second-order valence-corrected chi connectivity index (χ2v) is 4.71. The number of hydrogen-bond acceptors (Lipinski definition) is 2. The van der Waals surface area contributed by atoms with Gasteiger partial charge in [-0.05, 0) is 21.5 Å². The van der Waals surface area contributed by atoms with Crippen molar-refractivity contribution in [1.29, 1.82) is 5.41 Å². The second-order valence-electron chi connectivity index (χ2n) is 3.79. The highest BCUT2D eigenvalue weighted by Crippen LogP contribution is 2.22. The number of nitrogens with two attached hydrogens (primary N) is 1. The SMILES string of the molecule is N=C(N)CC(c1ccccc1)n1cc(Br)cn1. The number of benzene rings is 1. The zero-order valence-corrected chi connectivity index (χ0v) is 10.8. The average Bonchev–Trinajstić information content (AvgIpc) is 2.73. The Morgan fingerprint density at radius 1 is 1.41 bits per heavy atom. The van der Waals surface area contributed by atoms with Crippen molar-refractivity contribution in [3.05, 3.63) is 52.8 Å². The summed E-state index contributed by atoms with van der Waals surface area (Å²) in [6.07, 6.45) is 4.08. The standard InChI is InChI=1S/C12H13BrN4/c13-10-7-16-17(8-10)11(6-12(14)15)9-4-2-1-3-5-9/h1-5,7-8,11H,6H2,(H3,14,15). The van der Waals surface area contributed by atoms with Crippen LogP contribution in [0.1, 0.15) is 18.0 Å². The van der Waals surface area contributed by atoms with E-state index in [2.05, 4.69) is 21.0 Å². The van der Waals surface area contributed by atoms with Crippen LogP contribution in [0.25, 0.3) is 0 Å². The Bertz CT molecular complexity index is 506. The number of hydrogen-bond donors (Lipinski definition) is 2. The Balaban J connectivity index is 2.35. The van der Waals surface area contributed by atoms with Gasteiger partial charge in [-0.1, -0.05) is 30.3 Å². The predicted molar refractivity (Wildman–Crippen MR) is 71.0 cm³/mol. The van der Waals surface area contributed by atoms with Crippen LogP contribution in [0.4, 0.5) is 0 Å². The number of rotatable bonds is 4. The van der Waals surface area contributed by atoms with Crippen molar-refractivity contribution in [3.63, 3.8) is 0 Å². The monoisotopic (exact) mass is 292 g/mol. The minimum absolute atomic E-state index is 0.0278. The van der Waals surface area contributed by atoms with E-state index in [9.17, 15) is 0 Å². The van der Waals surface area contributed by atoms with E-state index in [1.807, 2.05) is 41.2 Å². The summed E-state index contributed by atoms with van der Waals surface area (Å²) >= 11 is 3.37. The molecule has 0 saturated heterocycles. The van der Waals surface area contributed by atoms with Crippen LogP contribution < -0.4 is 5.73 Å². The van der Waals surface area contributed by atoms with Gasteiger partial charge >= 0.3 is 0 Å². The molecule has 5 heteroatoms. The first-order valence-corrected chi connectivity index (χ1v) is 6.03. The lowest BCUT2D eigenvalue weighted by Crippen LogP contribution is -2.20. The normalized spacial score (nSPS) is 12.3. The predicted octanol–water partition coefficient (Wildman–Crippen LogP) is 2.56. The average molecular weight is 293 g/mol. The molecule has 0 aliphatic carbocycles. The topological polar surface area (TPSA) is 67.7 Å². The lowest BCUT2D eigenvalue weighted by molar-refractivity contribution is 0.536. The largest absolute Gasteiger partial charge is 0.388 e. The maximum atomic E-state index is 7.46. The molecule has 0 radical (unpaired) electrons. The molecule has 1 aromatic carbocycles. The van der Waals surface area contributed by atoms with Gasteiger partial charge < -0.3 is 5.73 Å². The first-order valence-electron chi connectivity index (χ1n) is 5.24. The first-order chi connectivity index (χ1) is 8.16. The summed E-state index contributed by atoms with van der Waals surface area (Å²) in [5.41, 5.74) is 6.60. The van der Waals surface area contributed by atoms with E-state index in [1.54, 1.807) is 6.20 Å². The molecular formula is C12H13BrN4. The van der Waals surface area contributed by atoms with Crippen LogP contribution in [0.5, 0.6) is 0 Å². The molecule has 1 unspecified atom stereocenters. The van der Waals surface area contributed by atoms with E-state index in [0.717, 1.165) is 10.0 Å². The molecular weight excluding hydrogens is 280 g/mol. The number of amidine groups is 1. The first kappa shape index (κ1) is 11.9. The minimum atomic E-state index is -0.0278. The van der Waals surface area contributed by atoms with E-state index < -0.39 is 0 Å². The summed E-state index contributed by atoms with van der Waals surface area (Å²) in [5, 5.41) is 11.7. The summed E-state index contributed by atoms with van der Waals surface area (Å²) in [7, 11) is 0. The third-order valence-corrected chi connectivity index (χ3v) is 2.90. The van der Waals surface area contributed by atoms with Crippen LogP contribution in [0, 0.1) is 5.41 Å². The van der Waals surface area contributed by atoms with Gasteiger partial charge in [-0.3, -0.25) is 10.1 Å². The van der Waals surface area contributed by atoms with Gasteiger partial charge in [0.1, 0.15) is 0 Å². The van der Waals surface area contributed by atoms with Gasteiger partial charge in [0.05, 0.1) is 22.5 Å². The Morgan fingerprint density at radius 3 is 2.65 bits per heavy atom. The highest BCUT2D eigenvalue weighted by Gasteiger charge is 2.15. The van der Waals surface area contributed by atoms with Crippen molar-refractivity contribution in [3.8, 4) is 0 Å². The number of aromatic nitrogens is 2. The maximum Gasteiger partial charge on any atom is 0.0930 e. The number of nitrogens with zero attached hydrogens (tertiary/aromatic N) is 2. The molecule has 0 saturated carbocycles. The fraction of sp³-hybridized carbons (Fsp3) is 0.167. The zero-order valence-electron chi connectivity index (χ0n) is 9.18. The van der Waals surface area contributed by atoms with Gasteiger partial charge in [0.2, 0.25) is 0 Å². The van der Waals surface area contributed by atoms with Crippen LogP contribution in [-0.4, -0.2) is 15.6 Å². The molecule has 2 rings (SSSR count). The summed E-state index contributed by atoms with van der Waals surface area (Å²) in [5.74, 6) is 0.158. The van der Waals surface area contributed by atoms with E-state index in [-0.39, 0.29) is 11.9 Å². The number of nitrogens with one attached hydrogen (secondary N) is 1. The molecule has 88 valence electrons. The van der Waals surface area contributed by atoms with Crippen LogP contribution in [0.3, 0.4) is 0 Å². The van der Waals surface area contributed by atoms with Crippen LogP contribution in [0.2, 0.25) is 0 Å². The molecule has 0 aliphatic heterocycles. The number of halogens is 1. The van der Waals surface area contributed by atoms with Gasteiger partial charge in [0.25, 0.3) is 0 Å². The summed E-state index contributed by atoms with van der Waals surface area (Å²) in [6.45, 7) is 0. The lowest BCUT2D eigenvalue weighted by atomic mass is 10.0. The smallest absolute Gasteiger partial charge is 0.0930 e. The van der Waals surface area contributed by atoms with Crippen molar-refractivity contribution in [1.82, 2.24) is 9.78 Å². The second kappa shape index (κ2) is 5.14. The molecule has 0 aliphatic rings. The molecule has 4 nitrogen and oxygen atoms in total. The summed E-state index contributed by atoms with van der Waals surface area (Å²) < 4.78 is 2.74. The van der Waals surface area contributed by atoms with Crippen LogP contribution in [-0.2, 0) is 0 Å². The van der Waals surface area contributed by atoms with Crippen molar-refractivity contribution in [2.45, 2.75) is 12.5 Å². The molecule has 0 amide bonds. The Hall–Kier alpha value is -1.62. The quantitative estimate of drug-likeness (QED) is 0.672. The van der Waals surface area contributed by atoms with Gasteiger partial charge in [0, 0.05) is 12.6 Å². The van der Waals surface area contributed by atoms with E-state index >= 15 is 0 Å². The fourth-order valence-electron chi connectivity index (χ4n) is 1.73. The zero-order chi connectivity index (χ0) is 12.3. The fourth-order valence-corrected chi connectivity index (χ4v) is 2.03. The highest BCUT2D eigenvalue weighted by molar-refractivity contribution is 9.10. The lowest BCUT2D eigenvalue weighted by Gasteiger charge is -2.17. The molecule has 0 spiro atoms. The summed E-state index contributed by atoms with van der Waals surface area (Å²) in [4.78, 5) is 0. The maximum absolute atomic E-state index is 7.46. The van der Waals surface area contributed by atoms with E-state index in [4.69, 9.17) is 11.1 Å². The Morgan fingerprint density at radius 2 is 2.12 bits per heavy atom. The van der Waals surface area contributed by atoms with Gasteiger partial charge in [-0.2, -0.15) is 5.10 Å². The van der Waals surface area contributed by atoms with Crippen molar-refractivity contribution in [2.24, 2.45) is 5.73 Å². The molecule has 1 heterocycles. The van der Waals surface area contributed by atoms with Gasteiger partial charge in [-0.25, -0.2) is 0 Å². The molecule has 0 bridgehead atoms. The van der Waals surface area contributed by atoms with E-state index in [0.29, 0.717) is 6.42 Å². The molecule has 1 atom stereocenters. The van der Waals surface area contributed by atoms with Gasteiger partial charge in [-0.15, -0.1) is 0 Å². The molecule has 1 aromatic heterocycles. The van der Waals surface area contributed by atoms with E-state index in [1.165, 1.54) is 0 Å². The molecule has 2 aromatic rings. The minimum Gasteiger partial charge on any atom is -0.388 e. The van der Waals surface area contributed by atoms with Crippen molar-refractivity contribution in [2.75, 3.05) is 0 Å². The molecule has 0 fully saturated rings. The third-order valence-electron chi connectivity index (χ3n) is 2.49. The molecule has 17 heavy (non-hydrogen) atoms. The molecule has 3 N–H and O–H groups in total. The van der Waals surface area contributed by atoms with Crippen LogP contribution >= 0.6 is 15.9 Å². The van der Waals surface area contributed by atoms with Crippen LogP contribution in [0.15, 0.2) is 47.2 Å². The Kier molecular flexibility index (Phi) is 3.58. The summed E-state index contributed by atoms with van der Waals surface area (Å²) in [6, 6.07) is 9.92. The Labute approximate surface area is 108 Å². The highest BCUT2D eigenvalue weighted by atomic mass is 79.9. The third kappa shape index (κ3) is 2.94.